The number of carbonyl (C=O) groups is 4. The fourth-order valence-corrected chi connectivity index (χ4v) is 4.02. The van der Waals surface area contributed by atoms with Crippen molar-refractivity contribution in [2.75, 3.05) is 13.7 Å². The van der Waals surface area contributed by atoms with Gasteiger partial charge in [-0.25, -0.2) is 9.78 Å². The number of carbonyl (C=O) groups excluding carboxylic acids is 4. The molecule has 1 aliphatic heterocycles. The van der Waals surface area contributed by atoms with E-state index in [0.29, 0.717) is 12.8 Å². The number of hydrogen-bond donors (Lipinski definition) is 2. The Morgan fingerprint density at radius 3 is 2.54 bits per heavy atom. The molecular formula is C26H28N2O9. The number of nitrogens with one attached hydrogen (secondary N) is 1. The van der Waals surface area contributed by atoms with Gasteiger partial charge in [-0.1, -0.05) is 30.3 Å². The zero-order valence-electron chi connectivity index (χ0n) is 20.4. The standard InChI is InChI=1S/C26H28N2O9/c1-14-22(37-24(31)16-8-9-16)17(12-15-6-4-3-5-7-15)25(32)35-13-18(26(33)36-14)28-23(30)20-21(29)19(34-2)10-11-27-20/h3-7,10-11,14,16-18,22,29H,8-9,12-13H2,1-2H3,(H,28,30)/t14-,17+,18?,22?/m0/s1. The molecule has 1 aromatic heterocycles. The van der Waals surface area contributed by atoms with Gasteiger partial charge in [-0.2, -0.15) is 0 Å². The summed E-state index contributed by atoms with van der Waals surface area (Å²) < 4.78 is 21.6. The fraction of sp³-hybridized carbons (Fsp3) is 0.423. The van der Waals surface area contributed by atoms with Crippen LogP contribution in [0.25, 0.3) is 0 Å². The summed E-state index contributed by atoms with van der Waals surface area (Å²) in [4.78, 5) is 55.4. The number of amides is 1. The largest absolute Gasteiger partial charge is 0.503 e. The van der Waals surface area contributed by atoms with Crippen LogP contribution in [0.4, 0.5) is 0 Å². The third-order valence-electron chi connectivity index (χ3n) is 6.23. The van der Waals surface area contributed by atoms with Crippen LogP contribution in [0.1, 0.15) is 35.8 Å². The van der Waals surface area contributed by atoms with E-state index in [1.807, 2.05) is 30.3 Å². The first kappa shape index (κ1) is 25.9. The van der Waals surface area contributed by atoms with Gasteiger partial charge in [0.05, 0.1) is 13.0 Å². The molecule has 2 heterocycles. The number of methoxy groups -OCH3 is 1. The molecule has 2 unspecified atom stereocenters. The minimum Gasteiger partial charge on any atom is -0.503 e. The highest BCUT2D eigenvalue weighted by Gasteiger charge is 2.44. The Morgan fingerprint density at radius 1 is 1.14 bits per heavy atom. The average molecular weight is 513 g/mol. The second-order valence-electron chi connectivity index (χ2n) is 8.98. The Hall–Kier alpha value is -4.15. The number of aromatic hydroxyl groups is 1. The Kier molecular flexibility index (Phi) is 7.90. The summed E-state index contributed by atoms with van der Waals surface area (Å²) in [7, 11) is 1.31. The molecule has 37 heavy (non-hydrogen) atoms. The Labute approximate surface area is 213 Å². The molecule has 196 valence electrons. The van der Waals surface area contributed by atoms with Gasteiger partial charge in [0, 0.05) is 12.3 Å². The van der Waals surface area contributed by atoms with Crippen LogP contribution in [-0.2, 0) is 35.0 Å². The predicted octanol–water partition coefficient (Wildman–Crippen LogP) is 1.56. The van der Waals surface area contributed by atoms with Crippen LogP contribution in [0.3, 0.4) is 0 Å². The lowest BCUT2D eigenvalue weighted by Gasteiger charge is -2.29. The van der Waals surface area contributed by atoms with Gasteiger partial charge in [0.2, 0.25) is 0 Å². The molecular weight excluding hydrogens is 484 g/mol. The summed E-state index contributed by atoms with van der Waals surface area (Å²) in [6.45, 7) is 0.989. The SMILES string of the molecule is COc1ccnc(C(=O)NC2COC(=O)[C@H](Cc3ccccc3)C(OC(=O)C3CC3)[C@H](C)OC2=O)c1O. The van der Waals surface area contributed by atoms with E-state index in [2.05, 4.69) is 10.3 Å². The molecule has 1 saturated heterocycles. The molecule has 1 amide bonds. The van der Waals surface area contributed by atoms with Crippen molar-refractivity contribution < 1.29 is 43.2 Å². The monoisotopic (exact) mass is 512 g/mol. The number of nitrogens with zero attached hydrogens (tertiary/aromatic N) is 1. The normalized spacial score (nSPS) is 23.9. The number of benzene rings is 1. The summed E-state index contributed by atoms with van der Waals surface area (Å²) in [6, 6.07) is 9.08. The zero-order chi connectivity index (χ0) is 26.5. The zero-order valence-corrected chi connectivity index (χ0v) is 20.4. The highest BCUT2D eigenvalue weighted by Crippen LogP contribution is 2.33. The molecule has 0 radical (unpaired) electrons. The van der Waals surface area contributed by atoms with Gasteiger partial charge >= 0.3 is 17.9 Å². The van der Waals surface area contributed by atoms with Crippen molar-refractivity contribution in [1.82, 2.24) is 10.3 Å². The third kappa shape index (κ3) is 6.16. The predicted molar refractivity (Wildman–Crippen MR) is 126 cm³/mol. The number of esters is 3. The first-order valence-corrected chi connectivity index (χ1v) is 11.9. The van der Waals surface area contributed by atoms with Crippen LogP contribution < -0.4 is 10.1 Å². The maximum atomic E-state index is 13.2. The molecule has 11 heteroatoms. The van der Waals surface area contributed by atoms with Crippen LogP contribution in [0.2, 0.25) is 0 Å². The lowest BCUT2D eigenvalue weighted by molar-refractivity contribution is -0.175. The number of aromatic nitrogens is 1. The molecule has 1 saturated carbocycles. The van der Waals surface area contributed by atoms with Crippen molar-refractivity contribution in [3.05, 3.63) is 53.9 Å². The lowest BCUT2D eigenvalue weighted by atomic mass is 9.91. The van der Waals surface area contributed by atoms with E-state index in [-0.39, 0.29) is 23.8 Å². The van der Waals surface area contributed by atoms with Gasteiger partial charge in [0.25, 0.3) is 5.91 Å². The van der Waals surface area contributed by atoms with Gasteiger partial charge in [-0.05, 0) is 31.7 Å². The number of ether oxygens (including phenoxy) is 4. The molecule has 0 spiro atoms. The highest BCUT2D eigenvalue weighted by molar-refractivity contribution is 5.98. The summed E-state index contributed by atoms with van der Waals surface area (Å²) in [5, 5.41) is 12.6. The summed E-state index contributed by atoms with van der Waals surface area (Å²) >= 11 is 0. The molecule has 1 aliphatic carbocycles. The van der Waals surface area contributed by atoms with Crippen molar-refractivity contribution in [3.8, 4) is 11.5 Å². The van der Waals surface area contributed by atoms with Crippen LogP contribution >= 0.6 is 0 Å². The van der Waals surface area contributed by atoms with Crippen LogP contribution in [0.15, 0.2) is 42.6 Å². The molecule has 2 aromatic rings. The fourth-order valence-electron chi connectivity index (χ4n) is 4.02. The third-order valence-corrected chi connectivity index (χ3v) is 6.23. The molecule has 1 aromatic carbocycles. The van der Waals surface area contributed by atoms with Crippen molar-refractivity contribution in [3.63, 3.8) is 0 Å². The lowest BCUT2D eigenvalue weighted by Crippen LogP contribution is -2.46. The molecule has 11 nitrogen and oxygen atoms in total. The van der Waals surface area contributed by atoms with Crippen LogP contribution in [0, 0.1) is 11.8 Å². The summed E-state index contributed by atoms with van der Waals surface area (Å²) in [6.07, 6.45) is 0.729. The van der Waals surface area contributed by atoms with E-state index in [0.717, 1.165) is 5.56 Å². The number of hydrogen-bond acceptors (Lipinski definition) is 10. The minimum atomic E-state index is -1.40. The number of cyclic esters (lactones) is 2. The maximum absolute atomic E-state index is 13.2. The smallest absolute Gasteiger partial charge is 0.332 e. The van der Waals surface area contributed by atoms with E-state index >= 15 is 0 Å². The molecule has 4 atom stereocenters. The Morgan fingerprint density at radius 2 is 1.86 bits per heavy atom. The quantitative estimate of drug-likeness (QED) is 0.413. The van der Waals surface area contributed by atoms with Crippen molar-refractivity contribution >= 4 is 23.8 Å². The molecule has 2 N–H and O–H groups in total. The van der Waals surface area contributed by atoms with Gasteiger partial charge in [0.15, 0.2) is 29.3 Å². The summed E-state index contributed by atoms with van der Waals surface area (Å²) in [5.74, 6) is -4.65. The van der Waals surface area contributed by atoms with Crippen LogP contribution in [-0.4, -0.2) is 65.9 Å². The highest BCUT2D eigenvalue weighted by atomic mass is 16.6. The number of pyridine rings is 1. The van der Waals surface area contributed by atoms with E-state index in [9.17, 15) is 24.3 Å². The average Bonchev–Trinajstić information content (AvgIpc) is 3.74. The van der Waals surface area contributed by atoms with E-state index < -0.39 is 60.3 Å². The first-order chi connectivity index (χ1) is 17.8. The van der Waals surface area contributed by atoms with Gasteiger partial charge in [-0.15, -0.1) is 0 Å². The van der Waals surface area contributed by atoms with E-state index in [1.165, 1.54) is 26.3 Å². The second-order valence-corrected chi connectivity index (χ2v) is 8.98. The molecule has 0 bridgehead atoms. The maximum Gasteiger partial charge on any atom is 0.332 e. The molecule has 2 fully saturated rings. The molecule has 2 aliphatic rings. The second kappa shape index (κ2) is 11.3. The van der Waals surface area contributed by atoms with Crippen LogP contribution in [0.5, 0.6) is 11.5 Å². The first-order valence-electron chi connectivity index (χ1n) is 11.9. The van der Waals surface area contributed by atoms with Crippen molar-refractivity contribution in [2.24, 2.45) is 11.8 Å². The van der Waals surface area contributed by atoms with Crippen molar-refractivity contribution in [1.29, 1.82) is 0 Å². The van der Waals surface area contributed by atoms with Gasteiger partial charge in [0.1, 0.15) is 18.6 Å². The molecule has 4 rings (SSSR count). The van der Waals surface area contributed by atoms with E-state index in [4.69, 9.17) is 18.9 Å². The van der Waals surface area contributed by atoms with Crippen molar-refractivity contribution in [2.45, 2.75) is 44.4 Å². The van der Waals surface area contributed by atoms with E-state index in [1.54, 1.807) is 0 Å². The number of rotatable bonds is 7. The van der Waals surface area contributed by atoms with Gasteiger partial charge in [-0.3, -0.25) is 14.4 Å². The topological polar surface area (TPSA) is 150 Å². The Balaban J connectivity index is 1.56. The minimum absolute atomic E-state index is 0.0151. The summed E-state index contributed by atoms with van der Waals surface area (Å²) in [5.41, 5.74) is 0.420. The van der Waals surface area contributed by atoms with Gasteiger partial charge < -0.3 is 29.4 Å². The Bertz CT molecular complexity index is 1170.